The maximum absolute atomic E-state index is 12.0. The number of phenolic OH excluding ortho intramolecular Hbond substituents is 1. The highest BCUT2D eigenvalue weighted by Gasteiger charge is 2.58. The van der Waals surface area contributed by atoms with Gasteiger partial charge in [-0.15, -0.1) is 0 Å². The summed E-state index contributed by atoms with van der Waals surface area (Å²) in [6.45, 7) is 1.59. The number of ketones is 1. The smallest absolute Gasteiger partial charge is 0.343 e. The summed E-state index contributed by atoms with van der Waals surface area (Å²) in [5.41, 5.74) is -0.955. The molecule has 0 bridgehead atoms. The van der Waals surface area contributed by atoms with Gasteiger partial charge in [-0.1, -0.05) is 0 Å². The van der Waals surface area contributed by atoms with Gasteiger partial charge in [-0.25, -0.2) is 4.79 Å². The fourth-order valence-electron chi connectivity index (χ4n) is 2.79. The molecular formula is C14H12O6. The second-order valence-electron chi connectivity index (χ2n) is 4.83. The van der Waals surface area contributed by atoms with E-state index in [4.69, 9.17) is 9.47 Å². The van der Waals surface area contributed by atoms with E-state index in [0.29, 0.717) is 11.3 Å². The zero-order chi connectivity index (χ0) is 14.7. The average molecular weight is 276 g/mol. The number of hydrogen-bond acceptors (Lipinski definition) is 6. The maximum Gasteiger partial charge on any atom is 0.343 e. The lowest BCUT2D eigenvalue weighted by atomic mass is 9.84. The summed E-state index contributed by atoms with van der Waals surface area (Å²) in [6, 6.07) is 2.76. The molecule has 20 heavy (non-hydrogen) atoms. The number of hydrogen-bond donors (Lipinski definition) is 2. The Bertz CT molecular complexity index is 674. The lowest BCUT2D eigenvalue weighted by Gasteiger charge is -2.28. The number of ether oxygens (including phenoxy) is 2. The number of fused-ring (bicyclic) bond motifs is 2. The predicted molar refractivity (Wildman–Crippen MR) is 66.5 cm³/mol. The van der Waals surface area contributed by atoms with E-state index in [1.807, 2.05) is 0 Å². The van der Waals surface area contributed by atoms with Gasteiger partial charge in [0.1, 0.15) is 17.1 Å². The van der Waals surface area contributed by atoms with Crippen LogP contribution in [0.15, 0.2) is 23.8 Å². The Labute approximate surface area is 114 Å². The van der Waals surface area contributed by atoms with Gasteiger partial charge >= 0.3 is 5.97 Å². The number of aromatic hydroxyl groups is 1. The summed E-state index contributed by atoms with van der Waals surface area (Å²) in [7, 11) is 1.41. The van der Waals surface area contributed by atoms with Crippen molar-refractivity contribution >= 4 is 11.8 Å². The third kappa shape index (κ3) is 1.31. The summed E-state index contributed by atoms with van der Waals surface area (Å²) in [5, 5.41) is 20.1. The van der Waals surface area contributed by atoms with Gasteiger partial charge in [0.25, 0.3) is 0 Å². The second-order valence-corrected chi connectivity index (χ2v) is 4.83. The Morgan fingerprint density at radius 3 is 2.60 bits per heavy atom. The Hall–Kier alpha value is -2.34. The van der Waals surface area contributed by atoms with Crippen LogP contribution in [-0.2, 0) is 15.1 Å². The molecule has 6 nitrogen and oxygen atoms in total. The number of esters is 1. The number of benzene rings is 1. The van der Waals surface area contributed by atoms with Crippen LogP contribution in [0.2, 0.25) is 0 Å². The number of carbonyl (C=O) groups is 2. The summed E-state index contributed by atoms with van der Waals surface area (Å²) >= 11 is 0. The highest BCUT2D eigenvalue weighted by atomic mass is 16.6. The lowest BCUT2D eigenvalue weighted by molar-refractivity contribution is -0.131. The summed E-state index contributed by atoms with van der Waals surface area (Å²) < 4.78 is 10.3. The molecule has 2 atom stereocenters. The van der Waals surface area contributed by atoms with E-state index in [9.17, 15) is 19.8 Å². The van der Waals surface area contributed by atoms with Gasteiger partial charge in [0.2, 0.25) is 0 Å². The minimum atomic E-state index is -1.56. The van der Waals surface area contributed by atoms with E-state index in [0.717, 1.165) is 0 Å². The molecule has 1 aliphatic heterocycles. The van der Waals surface area contributed by atoms with E-state index in [2.05, 4.69) is 0 Å². The number of phenols is 1. The molecule has 6 heteroatoms. The third-order valence-electron chi connectivity index (χ3n) is 3.78. The molecule has 0 saturated carbocycles. The number of aliphatic hydroxyl groups is 1. The lowest BCUT2D eigenvalue weighted by Crippen LogP contribution is -2.40. The van der Waals surface area contributed by atoms with Crippen LogP contribution in [0, 0.1) is 0 Å². The molecule has 3 rings (SSSR count). The van der Waals surface area contributed by atoms with E-state index in [1.165, 1.54) is 25.3 Å². The summed E-state index contributed by atoms with van der Waals surface area (Å²) in [6.07, 6.45) is -0.275. The number of carbonyl (C=O) groups excluding carboxylic acids is 2. The average Bonchev–Trinajstić information content (AvgIpc) is 2.81. The summed E-state index contributed by atoms with van der Waals surface area (Å²) in [4.78, 5) is 23.7. The molecule has 1 aromatic carbocycles. The molecule has 1 aromatic rings. The quantitative estimate of drug-likeness (QED) is 0.732. The van der Waals surface area contributed by atoms with Crippen molar-refractivity contribution in [1.82, 2.24) is 0 Å². The van der Waals surface area contributed by atoms with E-state index < -0.39 is 23.5 Å². The van der Waals surface area contributed by atoms with Gasteiger partial charge in [-0.3, -0.25) is 4.79 Å². The monoisotopic (exact) mass is 276 g/mol. The fraction of sp³-hybridized carbons (Fsp3) is 0.286. The van der Waals surface area contributed by atoms with Crippen LogP contribution in [0.4, 0.5) is 0 Å². The van der Waals surface area contributed by atoms with Crippen molar-refractivity contribution < 1.29 is 29.3 Å². The highest BCUT2D eigenvalue weighted by molar-refractivity contribution is 6.05. The first kappa shape index (κ1) is 12.7. The van der Waals surface area contributed by atoms with Crippen molar-refractivity contribution in [3.63, 3.8) is 0 Å². The predicted octanol–water partition coefficient (Wildman–Crippen LogP) is 0.656. The Morgan fingerprint density at radius 2 is 2.05 bits per heavy atom. The number of rotatable bonds is 1. The van der Waals surface area contributed by atoms with E-state index in [-0.39, 0.29) is 16.9 Å². The summed E-state index contributed by atoms with van der Waals surface area (Å²) in [5.74, 6) is -1.31. The van der Waals surface area contributed by atoms with Crippen LogP contribution in [0.25, 0.3) is 0 Å². The van der Waals surface area contributed by atoms with Gasteiger partial charge in [0.05, 0.1) is 7.11 Å². The van der Waals surface area contributed by atoms with Crippen molar-refractivity contribution in [2.75, 3.05) is 7.11 Å². The largest absolute Gasteiger partial charge is 0.507 e. The third-order valence-corrected chi connectivity index (χ3v) is 3.78. The van der Waals surface area contributed by atoms with Crippen molar-refractivity contribution in [2.24, 2.45) is 0 Å². The van der Waals surface area contributed by atoms with Gasteiger partial charge in [-0.2, -0.15) is 0 Å². The SMILES string of the molecule is COc1cc(O)c2c(c1)[C@@]1(OC2=O)C(C)=CC(=O)[C@H]1O. The minimum absolute atomic E-state index is 0.0488. The Kier molecular flexibility index (Phi) is 2.43. The van der Waals surface area contributed by atoms with Crippen LogP contribution < -0.4 is 4.74 Å². The first-order chi connectivity index (χ1) is 9.41. The molecule has 1 aliphatic carbocycles. The molecule has 0 radical (unpaired) electrons. The number of aliphatic hydroxyl groups excluding tert-OH is 1. The molecule has 0 aromatic heterocycles. The Morgan fingerprint density at radius 1 is 1.35 bits per heavy atom. The minimum Gasteiger partial charge on any atom is -0.507 e. The van der Waals surface area contributed by atoms with Crippen molar-refractivity contribution in [1.29, 1.82) is 0 Å². The molecule has 104 valence electrons. The first-order valence-electron chi connectivity index (χ1n) is 5.97. The van der Waals surface area contributed by atoms with Crippen molar-refractivity contribution in [3.05, 3.63) is 34.9 Å². The molecule has 0 fully saturated rings. The highest BCUT2D eigenvalue weighted by Crippen LogP contribution is 2.51. The van der Waals surface area contributed by atoms with Gasteiger partial charge in [-0.05, 0) is 24.6 Å². The molecule has 0 amide bonds. The number of methoxy groups -OCH3 is 1. The molecule has 1 spiro atoms. The Balaban J connectivity index is 2.32. The normalized spacial score (nSPS) is 27.6. The molecule has 2 N–H and O–H groups in total. The van der Waals surface area contributed by atoms with Crippen molar-refractivity contribution in [3.8, 4) is 11.5 Å². The van der Waals surface area contributed by atoms with E-state index in [1.54, 1.807) is 6.92 Å². The van der Waals surface area contributed by atoms with Crippen LogP contribution >= 0.6 is 0 Å². The first-order valence-corrected chi connectivity index (χ1v) is 5.97. The van der Waals surface area contributed by atoms with Crippen LogP contribution in [0.3, 0.4) is 0 Å². The molecule has 0 unspecified atom stereocenters. The van der Waals surface area contributed by atoms with Gasteiger partial charge < -0.3 is 19.7 Å². The molecule has 1 heterocycles. The van der Waals surface area contributed by atoms with Crippen LogP contribution in [0.1, 0.15) is 22.8 Å². The van der Waals surface area contributed by atoms with E-state index >= 15 is 0 Å². The standard InChI is InChI=1S/C14H12O6/c1-6-3-10(16)12(17)14(6)8-4-7(19-2)5-9(15)11(8)13(18)20-14/h3-5,12,15,17H,1-2H3/t12-,14+/m1/s1. The zero-order valence-corrected chi connectivity index (χ0v) is 10.8. The molecule has 0 saturated heterocycles. The maximum atomic E-state index is 12.0. The molecular weight excluding hydrogens is 264 g/mol. The second kappa shape index (κ2) is 3.83. The van der Waals surface area contributed by atoms with Gasteiger partial charge in [0, 0.05) is 11.6 Å². The fourth-order valence-corrected chi connectivity index (χ4v) is 2.79. The topological polar surface area (TPSA) is 93.1 Å². The molecule has 2 aliphatic rings. The van der Waals surface area contributed by atoms with Crippen molar-refractivity contribution in [2.45, 2.75) is 18.6 Å². The zero-order valence-electron chi connectivity index (χ0n) is 10.8. The van der Waals surface area contributed by atoms with Crippen LogP contribution in [0.5, 0.6) is 11.5 Å². The van der Waals surface area contributed by atoms with Crippen LogP contribution in [-0.4, -0.2) is 35.2 Å². The van der Waals surface area contributed by atoms with Gasteiger partial charge in [0.15, 0.2) is 17.5 Å².